The maximum absolute atomic E-state index is 11.1. The lowest BCUT2D eigenvalue weighted by Gasteiger charge is -2.28. The SMILES string of the molecule is CN(C(=O)O)c1ccc(-c2ccnc(Nc3ccc(N4CCOCC4)cc3)n2)cc1. The first-order chi connectivity index (χ1) is 14.6. The molecule has 1 aliphatic rings. The Morgan fingerprint density at radius 1 is 1.07 bits per heavy atom. The van der Waals surface area contributed by atoms with Crippen molar-refractivity contribution in [3.63, 3.8) is 0 Å². The normalized spacial score (nSPS) is 13.7. The second-order valence-electron chi connectivity index (χ2n) is 6.93. The third-order valence-corrected chi connectivity index (χ3v) is 4.99. The van der Waals surface area contributed by atoms with Crippen molar-refractivity contribution in [1.82, 2.24) is 9.97 Å². The van der Waals surface area contributed by atoms with Crippen LogP contribution in [0.4, 0.5) is 27.8 Å². The molecule has 0 atom stereocenters. The largest absolute Gasteiger partial charge is 0.465 e. The van der Waals surface area contributed by atoms with Gasteiger partial charge in [-0.1, -0.05) is 12.1 Å². The Kier molecular flexibility index (Phi) is 5.76. The predicted octanol–water partition coefficient (Wildman–Crippen LogP) is 3.84. The van der Waals surface area contributed by atoms with Crippen molar-refractivity contribution in [2.45, 2.75) is 0 Å². The summed E-state index contributed by atoms with van der Waals surface area (Å²) in [7, 11) is 1.51. The Morgan fingerprint density at radius 2 is 1.77 bits per heavy atom. The van der Waals surface area contributed by atoms with Gasteiger partial charge in [-0.25, -0.2) is 14.8 Å². The number of ether oxygens (including phenoxy) is 1. The van der Waals surface area contributed by atoms with Crippen molar-refractivity contribution in [2.75, 3.05) is 48.5 Å². The van der Waals surface area contributed by atoms with Crippen LogP contribution in [0.5, 0.6) is 0 Å². The van der Waals surface area contributed by atoms with Crippen LogP contribution >= 0.6 is 0 Å². The molecule has 0 unspecified atom stereocenters. The number of benzene rings is 2. The maximum atomic E-state index is 11.1. The van der Waals surface area contributed by atoms with E-state index >= 15 is 0 Å². The van der Waals surface area contributed by atoms with Crippen molar-refractivity contribution in [2.24, 2.45) is 0 Å². The van der Waals surface area contributed by atoms with Gasteiger partial charge in [0.2, 0.25) is 5.95 Å². The summed E-state index contributed by atoms with van der Waals surface area (Å²) < 4.78 is 5.40. The fourth-order valence-corrected chi connectivity index (χ4v) is 3.25. The van der Waals surface area contributed by atoms with Gasteiger partial charge in [-0.3, -0.25) is 4.90 Å². The number of carboxylic acid groups (broad SMARTS) is 1. The van der Waals surface area contributed by atoms with Crippen LogP contribution in [0.2, 0.25) is 0 Å². The van der Waals surface area contributed by atoms with Gasteiger partial charge in [0.25, 0.3) is 0 Å². The van der Waals surface area contributed by atoms with Crippen molar-refractivity contribution in [1.29, 1.82) is 0 Å². The lowest BCUT2D eigenvalue weighted by atomic mass is 10.1. The van der Waals surface area contributed by atoms with Crippen LogP contribution < -0.4 is 15.1 Å². The molecule has 4 rings (SSSR count). The van der Waals surface area contributed by atoms with Gasteiger partial charge >= 0.3 is 6.09 Å². The minimum Gasteiger partial charge on any atom is -0.465 e. The van der Waals surface area contributed by atoms with Crippen molar-refractivity contribution < 1.29 is 14.6 Å². The number of carbonyl (C=O) groups is 1. The molecule has 1 aromatic heterocycles. The molecule has 2 heterocycles. The van der Waals surface area contributed by atoms with E-state index in [1.165, 1.54) is 12.7 Å². The zero-order chi connectivity index (χ0) is 20.9. The van der Waals surface area contributed by atoms with Gasteiger partial charge in [0.05, 0.1) is 18.9 Å². The molecule has 1 saturated heterocycles. The van der Waals surface area contributed by atoms with E-state index in [-0.39, 0.29) is 0 Å². The first-order valence-corrected chi connectivity index (χ1v) is 9.70. The molecular weight excluding hydrogens is 382 g/mol. The highest BCUT2D eigenvalue weighted by molar-refractivity contribution is 5.85. The van der Waals surface area contributed by atoms with Gasteiger partial charge in [0.1, 0.15) is 0 Å². The summed E-state index contributed by atoms with van der Waals surface area (Å²) in [6.45, 7) is 3.32. The molecule has 8 heteroatoms. The van der Waals surface area contributed by atoms with E-state index < -0.39 is 6.09 Å². The van der Waals surface area contributed by atoms with Crippen LogP contribution in [0.15, 0.2) is 60.8 Å². The van der Waals surface area contributed by atoms with E-state index in [2.05, 4.69) is 32.3 Å². The highest BCUT2D eigenvalue weighted by atomic mass is 16.5. The van der Waals surface area contributed by atoms with Gasteiger partial charge in [0, 0.05) is 49.0 Å². The Balaban J connectivity index is 1.46. The molecule has 0 radical (unpaired) electrons. The number of aromatic nitrogens is 2. The van der Waals surface area contributed by atoms with Crippen LogP contribution in [-0.2, 0) is 4.74 Å². The minimum atomic E-state index is -1.00. The third kappa shape index (κ3) is 4.49. The molecule has 154 valence electrons. The average molecular weight is 405 g/mol. The Bertz CT molecular complexity index is 1000. The van der Waals surface area contributed by atoms with E-state index in [9.17, 15) is 4.79 Å². The minimum absolute atomic E-state index is 0.498. The monoisotopic (exact) mass is 405 g/mol. The van der Waals surface area contributed by atoms with E-state index in [4.69, 9.17) is 9.84 Å². The van der Waals surface area contributed by atoms with Gasteiger partial charge in [-0.2, -0.15) is 0 Å². The zero-order valence-corrected chi connectivity index (χ0v) is 16.7. The zero-order valence-electron chi connectivity index (χ0n) is 16.7. The number of anilines is 4. The van der Waals surface area contributed by atoms with Crippen LogP contribution in [0.25, 0.3) is 11.3 Å². The van der Waals surface area contributed by atoms with Crippen molar-refractivity contribution >= 4 is 29.1 Å². The van der Waals surface area contributed by atoms with E-state index in [1.54, 1.807) is 18.3 Å². The smallest absolute Gasteiger partial charge is 0.411 e. The molecule has 1 amide bonds. The summed E-state index contributed by atoms with van der Waals surface area (Å²) in [6, 6.07) is 17.2. The summed E-state index contributed by atoms with van der Waals surface area (Å²) in [6.07, 6.45) is 0.695. The summed E-state index contributed by atoms with van der Waals surface area (Å²) in [5.41, 5.74) is 4.30. The highest BCUT2D eigenvalue weighted by Crippen LogP contribution is 2.24. The maximum Gasteiger partial charge on any atom is 0.411 e. The van der Waals surface area contributed by atoms with Crippen molar-refractivity contribution in [3.05, 3.63) is 60.8 Å². The number of morpholine rings is 1. The third-order valence-electron chi connectivity index (χ3n) is 4.99. The standard InChI is InChI=1S/C22H23N5O3/c1-26(22(28)29)18-6-2-16(3-7-18)20-10-11-23-21(25-20)24-17-4-8-19(9-5-17)27-12-14-30-15-13-27/h2-11H,12-15H2,1H3,(H,28,29)(H,23,24,25). The Morgan fingerprint density at radius 3 is 2.43 bits per heavy atom. The molecule has 0 aliphatic carbocycles. The molecule has 0 bridgehead atoms. The number of nitrogens with one attached hydrogen (secondary N) is 1. The Hall–Kier alpha value is -3.65. The van der Waals surface area contributed by atoms with Crippen LogP contribution in [-0.4, -0.2) is 54.5 Å². The number of amides is 1. The van der Waals surface area contributed by atoms with E-state index in [0.29, 0.717) is 11.6 Å². The number of rotatable bonds is 5. The molecule has 1 aliphatic heterocycles. The molecule has 30 heavy (non-hydrogen) atoms. The molecular formula is C22H23N5O3. The molecule has 2 N–H and O–H groups in total. The summed E-state index contributed by atoms with van der Waals surface area (Å²) in [4.78, 5) is 23.4. The molecule has 0 saturated carbocycles. The second-order valence-corrected chi connectivity index (χ2v) is 6.93. The molecule has 8 nitrogen and oxygen atoms in total. The van der Waals surface area contributed by atoms with Gasteiger partial charge in [-0.05, 0) is 42.5 Å². The number of hydrogen-bond acceptors (Lipinski definition) is 6. The van der Waals surface area contributed by atoms with Gasteiger partial charge < -0.3 is 20.1 Å². The Labute approximate surface area is 174 Å². The molecule has 2 aromatic carbocycles. The van der Waals surface area contributed by atoms with Crippen molar-refractivity contribution in [3.8, 4) is 11.3 Å². The molecule has 3 aromatic rings. The average Bonchev–Trinajstić information content (AvgIpc) is 2.80. The first kappa shape index (κ1) is 19.7. The summed E-state index contributed by atoms with van der Waals surface area (Å²) in [5, 5.41) is 12.3. The fraction of sp³-hybridized carbons (Fsp3) is 0.227. The summed E-state index contributed by atoms with van der Waals surface area (Å²) in [5.74, 6) is 0.498. The van der Waals surface area contributed by atoms with Crippen LogP contribution in [0.1, 0.15) is 0 Å². The van der Waals surface area contributed by atoms with E-state index in [1.807, 2.05) is 30.3 Å². The van der Waals surface area contributed by atoms with E-state index in [0.717, 1.165) is 48.1 Å². The lowest BCUT2D eigenvalue weighted by Crippen LogP contribution is -2.36. The first-order valence-electron chi connectivity index (χ1n) is 9.70. The van der Waals surface area contributed by atoms with Gasteiger partial charge in [0.15, 0.2) is 0 Å². The number of hydrogen-bond donors (Lipinski definition) is 2. The summed E-state index contributed by atoms with van der Waals surface area (Å²) >= 11 is 0. The van der Waals surface area contributed by atoms with Crippen LogP contribution in [0.3, 0.4) is 0 Å². The quantitative estimate of drug-likeness (QED) is 0.666. The second kappa shape index (κ2) is 8.79. The van der Waals surface area contributed by atoms with Crippen LogP contribution in [0, 0.1) is 0 Å². The van der Waals surface area contributed by atoms with Gasteiger partial charge in [-0.15, -0.1) is 0 Å². The highest BCUT2D eigenvalue weighted by Gasteiger charge is 2.11. The molecule has 0 spiro atoms. The number of nitrogens with zero attached hydrogens (tertiary/aromatic N) is 4. The molecule has 1 fully saturated rings. The fourth-order valence-electron chi connectivity index (χ4n) is 3.25. The topological polar surface area (TPSA) is 90.8 Å². The lowest BCUT2D eigenvalue weighted by molar-refractivity contribution is 0.122. The predicted molar refractivity (Wildman–Crippen MR) is 117 cm³/mol.